The Morgan fingerprint density at radius 2 is 1.83 bits per heavy atom. The molecule has 2 heterocycles. The minimum Gasteiger partial charge on any atom is -0.444 e. The molecule has 1 aliphatic heterocycles. The van der Waals surface area contributed by atoms with Gasteiger partial charge >= 0.3 is 12.1 Å². The van der Waals surface area contributed by atoms with Crippen LogP contribution in [0.1, 0.15) is 33.6 Å². The van der Waals surface area contributed by atoms with Crippen molar-refractivity contribution in [3.63, 3.8) is 0 Å². The lowest BCUT2D eigenvalue weighted by Gasteiger charge is -2.33. The smallest absolute Gasteiger partial charge is 0.410 e. The maximum absolute atomic E-state index is 12.1. The van der Waals surface area contributed by atoms with Crippen molar-refractivity contribution < 1.29 is 22.5 Å². The number of nitrogens with one attached hydrogen (secondary N) is 1. The lowest BCUT2D eigenvalue weighted by molar-refractivity contribution is 0.0210. The molecular formula is C19H26N4O5S. The molecule has 3 rings (SSSR count). The van der Waals surface area contributed by atoms with Gasteiger partial charge in [0.1, 0.15) is 5.60 Å². The number of amides is 1. The third-order valence-corrected chi connectivity index (χ3v) is 5.57. The van der Waals surface area contributed by atoms with Crippen LogP contribution in [-0.4, -0.2) is 60.5 Å². The zero-order valence-electron chi connectivity index (χ0n) is 17.0. The maximum Gasteiger partial charge on any atom is 0.410 e. The zero-order chi connectivity index (χ0) is 21.2. The van der Waals surface area contributed by atoms with Crippen LogP contribution < -0.4 is 5.32 Å². The van der Waals surface area contributed by atoms with Crippen LogP contribution in [0.4, 0.5) is 10.8 Å². The number of aromatic nitrogens is 2. The average molecular weight is 423 g/mol. The van der Waals surface area contributed by atoms with Crippen LogP contribution in [0.3, 0.4) is 0 Å². The Kier molecular flexibility index (Phi) is 5.83. The largest absolute Gasteiger partial charge is 0.444 e. The molecule has 10 heteroatoms. The highest BCUT2D eigenvalue weighted by atomic mass is 32.2. The number of anilines is 1. The molecule has 1 fully saturated rings. The van der Waals surface area contributed by atoms with Gasteiger partial charge in [0, 0.05) is 31.0 Å². The molecular weight excluding hydrogens is 396 g/mol. The van der Waals surface area contributed by atoms with E-state index in [2.05, 4.69) is 15.5 Å². The lowest BCUT2D eigenvalue weighted by atomic mass is 10.1. The molecule has 1 aliphatic rings. The number of benzene rings is 1. The second-order valence-electron chi connectivity index (χ2n) is 8.11. The first-order valence-corrected chi connectivity index (χ1v) is 11.3. The Morgan fingerprint density at radius 3 is 2.38 bits per heavy atom. The van der Waals surface area contributed by atoms with Crippen molar-refractivity contribution in [2.45, 2.75) is 50.2 Å². The van der Waals surface area contributed by atoms with Crippen LogP contribution in [-0.2, 0) is 14.6 Å². The van der Waals surface area contributed by atoms with E-state index in [0.717, 1.165) is 19.1 Å². The summed E-state index contributed by atoms with van der Waals surface area (Å²) < 4.78 is 33.8. The summed E-state index contributed by atoms with van der Waals surface area (Å²) in [5.74, 6) is 0.374. The van der Waals surface area contributed by atoms with Gasteiger partial charge in [0.15, 0.2) is 9.84 Å². The van der Waals surface area contributed by atoms with Crippen LogP contribution in [0.2, 0.25) is 0 Å². The van der Waals surface area contributed by atoms with E-state index in [4.69, 9.17) is 9.26 Å². The van der Waals surface area contributed by atoms with Gasteiger partial charge in [0.2, 0.25) is 5.82 Å². The molecule has 0 spiro atoms. The van der Waals surface area contributed by atoms with Gasteiger partial charge in [0.25, 0.3) is 0 Å². The molecule has 1 N–H and O–H groups in total. The van der Waals surface area contributed by atoms with E-state index < -0.39 is 15.4 Å². The zero-order valence-corrected chi connectivity index (χ0v) is 17.8. The van der Waals surface area contributed by atoms with Crippen molar-refractivity contribution in [1.82, 2.24) is 15.0 Å². The highest BCUT2D eigenvalue weighted by Gasteiger charge is 2.27. The van der Waals surface area contributed by atoms with Gasteiger partial charge in [-0.05, 0) is 57.9 Å². The van der Waals surface area contributed by atoms with Crippen molar-refractivity contribution in [2.75, 3.05) is 24.7 Å². The van der Waals surface area contributed by atoms with E-state index in [0.29, 0.717) is 30.5 Å². The third kappa shape index (κ3) is 5.69. The number of hydrogen-bond donors (Lipinski definition) is 1. The molecule has 1 saturated heterocycles. The summed E-state index contributed by atoms with van der Waals surface area (Å²) in [4.78, 5) is 18.4. The number of nitrogens with zero attached hydrogens (tertiary/aromatic N) is 3. The Balaban J connectivity index is 1.55. The van der Waals surface area contributed by atoms with Gasteiger partial charge in [-0.2, -0.15) is 4.98 Å². The number of carbonyl (C=O) groups excluding carboxylic acids is 1. The maximum atomic E-state index is 12.1. The fraction of sp³-hybridized carbons (Fsp3) is 0.526. The Morgan fingerprint density at radius 1 is 1.21 bits per heavy atom. The first kappa shape index (κ1) is 21.1. The van der Waals surface area contributed by atoms with Gasteiger partial charge in [-0.15, -0.1) is 0 Å². The number of ether oxygens (including phenoxy) is 1. The van der Waals surface area contributed by atoms with Crippen molar-refractivity contribution >= 4 is 21.9 Å². The van der Waals surface area contributed by atoms with Crippen molar-refractivity contribution in [3.05, 3.63) is 24.3 Å². The van der Waals surface area contributed by atoms with Crippen molar-refractivity contribution in [3.8, 4) is 11.4 Å². The molecule has 1 aromatic carbocycles. The molecule has 1 amide bonds. The minimum absolute atomic E-state index is 0.106. The molecule has 0 bridgehead atoms. The van der Waals surface area contributed by atoms with E-state index in [1.165, 1.54) is 12.1 Å². The second-order valence-corrected chi connectivity index (χ2v) is 10.1. The molecule has 158 valence electrons. The van der Waals surface area contributed by atoms with Crippen LogP contribution in [0, 0.1) is 0 Å². The van der Waals surface area contributed by atoms with Crippen molar-refractivity contribution in [2.24, 2.45) is 0 Å². The molecule has 0 unspecified atom stereocenters. The average Bonchev–Trinajstić information content (AvgIpc) is 3.09. The van der Waals surface area contributed by atoms with Gasteiger partial charge in [-0.1, -0.05) is 5.16 Å². The van der Waals surface area contributed by atoms with Crippen LogP contribution in [0.25, 0.3) is 11.4 Å². The molecule has 0 radical (unpaired) electrons. The summed E-state index contributed by atoms with van der Waals surface area (Å²) in [6.45, 7) is 6.71. The standard InChI is InChI=1S/C19H26N4O5S/c1-19(2,3)27-18(24)23-11-9-14(10-12-23)20-17-21-16(22-28-17)13-5-7-15(8-6-13)29(4,25)26/h5-8,14H,9-12H2,1-4H3,(H,20,21,22). The van der Waals surface area contributed by atoms with Crippen molar-refractivity contribution in [1.29, 1.82) is 0 Å². The summed E-state index contributed by atoms with van der Waals surface area (Å²) in [5, 5.41) is 7.14. The monoisotopic (exact) mass is 422 g/mol. The Labute approximate surface area is 170 Å². The molecule has 29 heavy (non-hydrogen) atoms. The molecule has 1 aromatic heterocycles. The number of carbonyl (C=O) groups is 1. The summed E-state index contributed by atoms with van der Waals surface area (Å²) in [7, 11) is -3.25. The van der Waals surface area contributed by atoms with E-state index >= 15 is 0 Å². The van der Waals surface area contributed by atoms with Crippen LogP contribution >= 0.6 is 0 Å². The second kappa shape index (κ2) is 8.02. The highest BCUT2D eigenvalue weighted by molar-refractivity contribution is 7.90. The van der Waals surface area contributed by atoms with Crippen LogP contribution in [0.5, 0.6) is 0 Å². The van der Waals surface area contributed by atoms with Gasteiger partial charge in [0.05, 0.1) is 4.90 Å². The summed E-state index contributed by atoms with van der Waals surface area (Å²) in [6.07, 6.45) is 2.33. The first-order chi connectivity index (χ1) is 13.5. The van der Waals surface area contributed by atoms with Crippen LogP contribution in [0.15, 0.2) is 33.7 Å². The fourth-order valence-electron chi connectivity index (χ4n) is 2.96. The summed E-state index contributed by atoms with van der Waals surface area (Å²) >= 11 is 0. The molecule has 0 aliphatic carbocycles. The molecule has 0 atom stereocenters. The number of hydrogen-bond acceptors (Lipinski definition) is 8. The predicted molar refractivity (Wildman–Crippen MR) is 107 cm³/mol. The summed E-state index contributed by atoms with van der Waals surface area (Å²) in [5.41, 5.74) is 0.153. The number of likely N-dealkylation sites (tertiary alicyclic amines) is 1. The molecule has 2 aromatic rings. The normalized spacial score (nSPS) is 15.9. The van der Waals surface area contributed by atoms with Gasteiger partial charge in [-0.25, -0.2) is 13.2 Å². The molecule has 9 nitrogen and oxygen atoms in total. The minimum atomic E-state index is -3.25. The Hall–Kier alpha value is -2.62. The van der Waals surface area contributed by atoms with E-state index in [-0.39, 0.29) is 17.0 Å². The van der Waals surface area contributed by atoms with Gasteiger partial charge in [-0.3, -0.25) is 0 Å². The number of rotatable bonds is 4. The van der Waals surface area contributed by atoms with E-state index in [1.807, 2.05) is 20.8 Å². The number of sulfone groups is 1. The highest BCUT2D eigenvalue weighted by Crippen LogP contribution is 2.22. The number of piperidine rings is 1. The fourth-order valence-corrected chi connectivity index (χ4v) is 3.59. The third-order valence-electron chi connectivity index (χ3n) is 4.44. The van der Waals surface area contributed by atoms with Gasteiger partial charge < -0.3 is 19.5 Å². The van der Waals surface area contributed by atoms with E-state index in [9.17, 15) is 13.2 Å². The molecule has 0 saturated carbocycles. The quantitative estimate of drug-likeness (QED) is 0.800. The SMILES string of the molecule is CC(C)(C)OC(=O)N1CCC(Nc2nc(-c3ccc(S(C)(=O)=O)cc3)no2)CC1. The first-order valence-electron chi connectivity index (χ1n) is 9.40. The predicted octanol–water partition coefficient (Wildman–Crippen LogP) is 2.95. The topological polar surface area (TPSA) is 115 Å². The lowest BCUT2D eigenvalue weighted by Crippen LogP contribution is -2.44. The Bertz CT molecular complexity index is 955. The summed E-state index contributed by atoms with van der Waals surface area (Å²) in [6, 6.07) is 6.72. The van der Waals surface area contributed by atoms with E-state index in [1.54, 1.807) is 17.0 Å².